The van der Waals surface area contributed by atoms with Crippen molar-refractivity contribution in [3.63, 3.8) is 0 Å². The standard InChI is InChI=1S/C17H23N2.BrH/c1-2-3-4-5-7-10-16-15-17(11-12-18-16)19-13-8-6-9-14-19;/h6,8-9,11-15H,2-5,7,10H2,1H3;1H/q+1;/p-1. The van der Waals surface area contributed by atoms with Crippen molar-refractivity contribution in [1.82, 2.24) is 4.98 Å². The molecule has 0 aliphatic heterocycles. The highest BCUT2D eigenvalue weighted by Crippen LogP contribution is 2.08. The summed E-state index contributed by atoms with van der Waals surface area (Å²) >= 11 is 0. The van der Waals surface area contributed by atoms with E-state index >= 15 is 0 Å². The highest BCUT2D eigenvalue weighted by molar-refractivity contribution is 5.23. The van der Waals surface area contributed by atoms with Crippen molar-refractivity contribution in [1.29, 1.82) is 0 Å². The number of hydrogen-bond acceptors (Lipinski definition) is 1. The largest absolute Gasteiger partial charge is 1.00 e. The smallest absolute Gasteiger partial charge is 0.213 e. The molecule has 20 heavy (non-hydrogen) atoms. The minimum absolute atomic E-state index is 0. The van der Waals surface area contributed by atoms with Gasteiger partial charge < -0.3 is 17.0 Å². The Labute approximate surface area is 132 Å². The molecule has 0 unspecified atom stereocenters. The summed E-state index contributed by atoms with van der Waals surface area (Å²) in [6.07, 6.45) is 13.7. The van der Waals surface area contributed by atoms with Crippen LogP contribution in [0.5, 0.6) is 0 Å². The molecule has 2 aromatic rings. The minimum Gasteiger partial charge on any atom is -1.00 e. The molecule has 0 N–H and O–H groups in total. The van der Waals surface area contributed by atoms with E-state index in [1.807, 2.05) is 24.4 Å². The zero-order chi connectivity index (χ0) is 13.3. The van der Waals surface area contributed by atoms with Crippen molar-refractivity contribution in [3.8, 4) is 5.69 Å². The first-order valence-electron chi connectivity index (χ1n) is 7.32. The number of nitrogens with zero attached hydrogens (tertiary/aromatic N) is 2. The van der Waals surface area contributed by atoms with Crippen LogP contribution in [0, 0.1) is 0 Å². The second-order valence-electron chi connectivity index (χ2n) is 4.95. The fourth-order valence-corrected chi connectivity index (χ4v) is 2.24. The lowest BCUT2D eigenvalue weighted by Gasteiger charge is -2.01. The van der Waals surface area contributed by atoms with Gasteiger partial charge in [0.2, 0.25) is 5.69 Å². The van der Waals surface area contributed by atoms with Gasteiger partial charge in [0.25, 0.3) is 0 Å². The van der Waals surface area contributed by atoms with Crippen LogP contribution in [0.15, 0.2) is 48.9 Å². The zero-order valence-corrected chi connectivity index (χ0v) is 13.7. The molecule has 108 valence electrons. The van der Waals surface area contributed by atoms with E-state index in [2.05, 4.69) is 41.0 Å². The molecule has 0 atom stereocenters. The molecule has 0 radical (unpaired) electrons. The lowest BCUT2D eigenvalue weighted by molar-refractivity contribution is -0.595. The SMILES string of the molecule is CCCCCCCc1cc(-[n+]2ccccc2)ccn1.[Br-]. The van der Waals surface area contributed by atoms with Crippen LogP contribution >= 0.6 is 0 Å². The quantitative estimate of drug-likeness (QED) is 0.542. The summed E-state index contributed by atoms with van der Waals surface area (Å²) < 4.78 is 2.13. The fourth-order valence-electron chi connectivity index (χ4n) is 2.24. The number of unbranched alkanes of at least 4 members (excludes halogenated alkanes) is 4. The summed E-state index contributed by atoms with van der Waals surface area (Å²) in [6, 6.07) is 10.4. The zero-order valence-electron chi connectivity index (χ0n) is 12.1. The predicted octanol–water partition coefficient (Wildman–Crippen LogP) is 0.875. The first-order chi connectivity index (χ1) is 9.40. The van der Waals surface area contributed by atoms with E-state index in [0.717, 1.165) is 6.42 Å². The van der Waals surface area contributed by atoms with E-state index in [-0.39, 0.29) is 17.0 Å². The fraction of sp³-hybridized carbons (Fsp3) is 0.412. The average Bonchev–Trinajstić information content (AvgIpc) is 2.48. The third-order valence-corrected chi connectivity index (χ3v) is 3.35. The molecular formula is C17H23BrN2. The predicted molar refractivity (Wildman–Crippen MR) is 78.2 cm³/mol. The van der Waals surface area contributed by atoms with Gasteiger partial charge in [-0.3, -0.25) is 4.98 Å². The molecular weight excluding hydrogens is 312 g/mol. The summed E-state index contributed by atoms with van der Waals surface area (Å²) in [6.45, 7) is 2.25. The Kier molecular flexibility index (Phi) is 8.12. The Balaban J connectivity index is 0.00000200. The van der Waals surface area contributed by atoms with Gasteiger partial charge in [-0.25, -0.2) is 0 Å². The van der Waals surface area contributed by atoms with Crippen LogP contribution < -0.4 is 21.5 Å². The molecule has 3 heteroatoms. The number of hydrogen-bond donors (Lipinski definition) is 0. The number of rotatable bonds is 7. The van der Waals surface area contributed by atoms with E-state index in [1.54, 1.807) is 0 Å². The first-order valence-corrected chi connectivity index (χ1v) is 7.32. The Hall–Kier alpha value is -1.22. The van der Waals surface area contributed by atoms with Gasteiger partial charge in [0.05, 0.1) is 0 Å². The van der Waals surface area contributed by atoms with Gasteiger partial charge in [-0.1, -0.05) is 38.7 Å². The summed E-state index contributed by atoms with van der Waals surface area (Å²) in [5.74, 6) is 0. The van der Waals surface area contributed by atoms with Crippen LogP contribution in [0.2, 0.25) is 0 Å². The molecule has 0 saturated heterocycles. The molecule has 0 spiro atoms. The van der Waals surface area contributed by atoms with Crippen LogP contribution in [0.3, 0.4) is 0 Å². The number of halogens is 1. The second kappa shape index (κ2) is 9.65. The Morgan fingerprint density at radius 3 is 2.50 bits per heavy atom. The first kappa shape index (κ1) is 16.8. The monoisotopic (exact) mass is 334 g/mol. The molecule has 0 aliphatic carbocycles. The highest BCUT2D eigenvalue weighted by atomic mass is 79.9. The number of aryl methyl sites for hydroxylation is 1. The van der Waals surface area contributed by atoms with Crippen LogP contribution in [0.4, 0.5) is 0 Å². The molecule has 0 aromatic carbocycles. The van der Waals surface area contributed by atoms with Gasteiger partial charge in [0, 0.05) is 36.2 Å². The highest BCUT2D eigenvalue weighted by Gasteiger charge is 2.05. The van der Waals surface area contributed by atoms with Gasteiger partial charge in [-0.05, 0) is 12.8 Å². The second-order valence-corrected chi connectivity index (χ2v) is 4.95. The maximum Gasteiger partial charge on any atom is 0.213 e. The lowest BCUT2D eigenvalue weighted by Crippen LogP contribution is -3.00. The maximum atomic E-state index is 4.47. The maximum absolute atomic E-state index is 4.47. The van der Waals surface area contributed by atoms with Crippen molar-refractivity contribution >= 4 is 0 Å². The van der Waals surface area contributed by atoms with Crippen molar-refractivity contribution in [2.45, 2.75) is 45.4 Å². The Morgan fingerprint density at radius 1 is 1.00 bits per heavy atom. The van der Waals surface area contributed by atoms with E-state index in [0.29, 0.717) is 0 Å². The molecule has 2 rings (SSSR count). The summed E-state index contributed by atoms with van der Waals surface area (Å²) in [7, 11) is 0. The summed E-state index contributed by atoms with van der Waals surface area (Å²) in [5, 5.41) is 0. The Morgan fingerprint density at radius 2 is 1.75 bits per heavy atom. The normalized spacial score (nSPS) is 10.1. The molecule has 2 nitrogen and oxygen atoms in total. The minimum atomic E-state index is 0. The number of aromatic nitrogens is 2. The van der Waals surface area contributed by atoms with E-state index in [4.69, 9.17) is 0 Å². The molecule has 2 aromatic heterocycles. The van der Waals surface area contributed by atoms with E-state index in [9.17, 15) is 0 Å². The summed E-state index contributed by atoms with van der Waals surface area (Å²) in [4.78, 5) is 4.47. The lowest BCUT2D eigenvalue weighted by atomic mass is 10.1. The third kappa shape index (κ3) is 5.41. The van der Waals surface area contributed by atoms with Gasteiger partial charge in [-0.2, -0.15) is 4.57 Å². The summed E-state index contributed by atoms with van der Waals surface area (Å²) in [5.41, 5.74) is 2.39. The molecule has 2 heterocycles. The van der Waals surface area contributed by atoms with Gasteiger partial charge >= 0.3 is 0 Å². The number of pyridine rings is 2. The van der Waals surface area contributed by atoms with Gasteiger partial charge in [-0.15, -0.1) is 0 Å². The Bertz CT molecular complexity index is 485. The van der Waals surface area contributed by atoms with Crippen LogP contribution in [0.1, 0.15) is 44.7 Å². The molecule has 0 aliphatic rings. The van der Waals surface area contributed by atoms with Crippen LogP contribution in [0.25, 0.3) is 5.69 Å². The van der Waals surface area contributed by atoms with Gasteiger partial charge in [0.1, 0.15) is 0 Å². The van der Waals surface area contributed by atoms with E-state index in [1.165, 1.54) is 43.5 Å². The molecule has 0 saturated carbocycles. The molecule has 0 bridgehead atoms. The van der Waals surface area contributed by atoms with Crippen molar-refractivity contribution in [2.24, 2.45) is 0 Å². The van der Waals surface area contributed by atoms with E-state index < -0.39 is 0 Å². The third-order valence-electron chi connectivity index (χ3n) is 3.35. The van der Waals surface area contributed by atoms with Gasteiger partial charge in [0.15, 0.2) is 12.4 Å². The van der Waals surface area contributed by atoms with Crippen molar-refractivity contribution in [2.75, 3.05) is 0 Å². The van der Waals surface area contributed by atoms with Crippen LogP contribution in [-0.2, 0) is 6.42 Å². The average molecular weight is 335 g/mol. The topological polar surface area (TPSA) is 16.8 Å². The van der Waals surface area contributed by atoms with Crippen LogP contribution in [-0.4, -0.2) is 4.98 Å². The van der Waals surface area contributed by atoms with Crippen molar-refractivity contribution < 1.29 is 21.5 Å². The van der Waals surface area contributed by atoms with Crippen molar-refractivity contribution in [3.05, 3.63) is 54.6 Å². The molecule has 0 amide bonds. The molecule has 0 fully saturated rings.